The van der Waals surface area contributed by atoms with Gasteiger partial charge in [-0.1, -0.05) is 12.8 Å². The number of aromatic nitrogens is 2. The Bertz CT molecular complexity index is 794. The normalized spacial score (nSPS) is 25.7. The summed E-state index contributed by atoms with van der Waals surface area (Å²) in [5, 5.41) is 7.47. The minimum absolute atomic E-state index is 0.169. The van der Waals surface area contributed by atoms with Crippen molar-refractivity contribution < 1.29 is 19.1 Å². The predicted molar refractivity (Wildman–Crippen MR) is 99.8 cm³/mol. The minimum atomic E-state index is -1.04. The predicted octanol–water partition coefficient (Wildman–Crippen LogP) is 0.259. The van der Waals surface area contributed by atoms with Crippen LogP contribution < -0.4 is 5.32 Å². The number of morpholine rings is 1. The number of carbonyl (C=O) groups excluding carboxylic acids is 3. The molecule has 3 heterocycles. The molecule has 0 spiro atoms. The molecule has 1 aliphatic carbocycles. The molecule has 0 radical (unpaired) electrons. The Hall–Kier alpha value is -2.42. The summed E-state index contributed by atoms with van der Waals surface area (Å²) in [4.78, 5) is 41.8. The SMILES string of the molecule is CN1C(=O)c2cc(C(=O)N3CCOCC3)nn2C[C@]1(C)C(=O)NC1CCCC1. The minimum Gasteiger partial charge on any atom is -0.378 e. The van der Waals surface area contributed by atoms with Gasteiger partial charge in [-0.05, 0) is 19.8 Å². The van der Waals surface area contributed by atoms with Crippen molar-refractivity contribution in [1.82, 2.24) is 24.9 Å². The van der Waals surface area contributed by atoms with Crippen molar-refractivity contribution in [2.24, 2.45) is 0 Å². The molecule has 2 aliphatic heterocycles. The van der Waals surface area contributed by atoms with Crippen LogP contribution in [0.15, 0.2) is 6.07 Å². The lowest BCUT2D eigenvalue weighted by atomic mass is 9.95. The second kappa shape index (κ2) is 7.20. The Balaban J connectivity index is 1.56. The number of ether oxygens (including phenoxy) is 1. The number of hydrogen-bond donors (Lipinski definition) is 1. The van der Waals surface area contributed by atoms with Crippen molar-refractivity contribution >= 4 is 17.7 Å². The van der Waals surface area contributed by atoms with Crippen molar-refractivity contribution in [3.63, 3.8) is 0 Å². The molecule has 0 bridgehead atoms. The first kappa shape index (κ1) is 18.9. The molecule has 0 unspecified atom stereocenters. The largest absolute Gasteiger partial charge is 0.378 e. The lowest BCUT2D eigenvalue weighted by Gasteiger charge is -2.41. The molecule has 28 heavy (non-hydrogen) atoms. The van der Waals surface area contributed by atoms with Crippen molar-refractivity contribution in [1.29, 1.82) is 0 Å². The first-order chi connectivity index (χ1) is 13.4. The van der Waals surface area contributed by atoms with E-state index in [-0.39, 0.29) is 36.0 Å². The molecule has 4 rings (SSSR count). The van der Waals surface area contributed by atoms with Crippen molar-refractivity contribution in [2.45, 2.75) is 50.7 Å². The lowest BCUT2D eigenvalue weighted by Crippen LogP contribution is -2.63. The van der Waals surface area contributed by atoms with Gasteiger partial charge < -0.3 is 19.9 Å². The number of hydrogen-bond acceptors (Lipinski definition) is 5. The number of rotatable bonds is 3. The smallest absolute Gasteiger partial charge is 0.274 e. The number of nitrogens with one attached hydrogen (secondary N) is 1. The molecule has 0 aromatic carbocycles. The lowest BCUT2D eigenvalue weighted by molar-refractivity contribution is -0.133. The Kier molecular flexibility index (Phi) is 4.86. The van der Waals surface area contributed by atoms with E-state index in [1.807, 2.05) is 0 Å². The Morgan fingerprint density at radius 3 is 2.61 bits per heavy atom. The fraction of sp³-hybridized carbons (Fsp3) is 0.684. The molecule has 1 aromatic heterocycles. The maximum atomic E-state index is 13.0. The van der Waals surface area contributed by atoms with E-state index < -0.39 is 5.54 Å². The monoisotopic (exact) mass is 389 g/mol. The van der Waals surface area contributed by atoms with Crippen LogP contribution in [0, 0.1) is 0 Å². The molecular formula is C19H27N5O4. The summed E-state index contributed by atoms with van der Waals surface area (Å²) >= 11 is 0. The summed E-state index contributed by atoms with van der Waals surface area (Å²) in [5.41, 5.74) is -0.470. The topological polar surface area (TPSA) is 96.8 Å². The highest BCUT2D eigenvalue weighted by Gasteiger charge is 2.47. The van der Waals surface area contributed by atoms with Gasteiger partial charge >= 0.3 is 0 Å². The van der Waals surface area contributed by atoms with Crippen LogP contribution in [0.5, 0.6) is 0 Å². The highest BCUT2D eigenvalue weighted by Crippen LogP contribution is 2.27. The van der Waals surface area contributed by atoms with E-state index in [1.54, 1.807) is 18.9 Å². The van der Waals surface area contributed by atoms with Gasteiger partial charge in [0.15, 0.2) is 5.69 Å². The zero-order valence-corrected chi connectivity index (χ0v) is 16.4. The highest BCUT2D eigenvalue weighted by molar-refractivity contribution is 6.01. The molecule has 1 saturated carbocycles. The van der Waals surface area contributed by atoms with Crippen LogP contribution in [0.25, 0.3) is 0 Å². The van der Waals surface area contributed by atoms with Crippen molar-refractivity contribution in [3.05, 3.63) is 17.5 Å². The van der Waals surface area contributed by atoms with Gasteiger partial charge in [-0.2, -0.15) is 5.10 Å². The molecule has 9 nitrogen and oxygen atoms in total. The second-order valence-electron chi connectivity index (χ2n) is 8.07. The van der Waals surface area contributed by atoms with Gasteiger partial charge in [0.2, 0.25) is 5.91 Å². The summed E-state index contributed by atoms with van der Waals surface area (Å²) in [6.45, 7) is 4.00. The van der Waals surface area contributed by atoms with Crippen molar-refractivity contribution in [3.8, 4) is 0 Å². The van der Waals surface area contributed by atoms with E-state index in [0.29, 0.717) is 32.0 Å². The Labute approximate surface area is 164 Å². The fourth-order valence-electron chi connectivity index (χ4n) is 4.17. The average molecular weight is 389 g/mol. The van der Waals surface area contributed by atoms with Crippen LogP contribution in [0.2, 0.25) is 0 Å². The molecule has 1 N–H and O–H groups in total. The van der Waals surface area contributed by atoms with Crippen LogP contribution >= 0.6 is 0 Å². The van der Waals surface area contributed by atoms with Crippen LogP contribution in [0.3, 0.4) is 0 Å². The van der Waals surface area contributed by atoms with Gasteiger partial charge in [-0.3, -0.25) is 19.1 Å². The van der Waals surface area contributed by atoms with Gasteiger partial charge in [-0.15, -0.1) is 0 Å². The van der Waals surface area contributed by atoms with Gasteiger partial charge in [0, 0.05) is 32.2 Å². The summed E-state index contributed by atoms with van der Waals surface area (Å²) in [6, 6.07) is 1.70. The zero-order chi connectivity index (χ0) is 19.9. The average Bonchev–Trinajstić information content (AvgIpc) is 3.36. The molecule has 1 saturated heterocycles. The summed E-state index contributed by atoms with van der Waals surface area (Å²) in [5.74, 6) is -0.681. The number of fused-ring (bicyclic) bond motifs is 1. The summed E-state index contributed by atoms with van der Waals surface area (Å²) < 4.78 is 6.79. The number of carbonyl (C=O) groups is 3. The van der Waals surface area contributed by atoms with E-state index in [9.17, 15) is 14.4 Å². The first-order valence-electron chi connectivity index (χ1n) is 9.94. The third-order valence-corrected chi connectivity index (χ3v) is 6.20. The molecule has 1 aromatic rings. The standard InChI is InChI=1S/C19H27N5O4/c1-19(18(27)20-13-5-3-4-6-13)12-24-15(17(26)22(19)2)11-14(21-24)16(25)23-7-9-28-10-8-23/h11,13H,3-10,12H2,1-2H3,(H,20,27)/t19-/m1/s1. The highest BCUT2D eigenvalue weighted by atomic mass is 16.5. The van der Waals surface area contributed by atoms with E-state index in [4.69, 9.17) is 4.74 Å². The van der Waals surface area contributed by atoms with Gasteiger partial charge in [0.1, 0.15) is 11.2 Å². The summed E-state index contributed by atoms with van der Waals surface area (Å²) in [6.07, 6.45) is 4.19. The quantitative estimate of drug-likeness (QED) is 0.800. The van der Waals surface area contributed by atoms with E-state index >= 15 is 0 Å². The second-order valence-corrected chi connectivity index (χ2v) is 8.07. The van der Waals surface area contributed by atoms with E-state index in [2.05, 4.69) is 10.4 Å². The Morgan fingerprint density at radius 1 is 1.25 bits per heavy atom. The molecule has 2 fully saturated rings. The number of amides is 3. The van der Waals surface area contributed by atoms with Gasteiger partial charge in [0.25, 0.3) is 11.8 Å². The van der Waals surface area contributed by atoms with Crippen LogP contribution in [0.1, 0.15) is 53.6 Å². The van der Waals surface area contributed by atoms with Gasteiger partial charge in [0.05, 0.1) is 19.8 Å². The van der Waals surface area contributed by atoms with E-state index in [1.165, 1.54) is 15.6 Å². The van der Waals surface area contributed by atoms with Crippen LogP contribution in [0.4, 0.5) is 0 Å². The van der Waals surface area contributed by atoms with Gasteiger partial charge in [-0.25, -0.2) is 0 Å². The van der Waals surface area contributed by atoms with E-state index in [0.717, 1.165) is 25.7 Å². The molecule has 152 valence electrons. The van der Waals surface area contributed by atoms with Crippen LogP contribution in [-0.4, -0.2) is 82.2 Å². The summed E-state index contributed by atoms with van der Waals surface area (Å²) in [7, 11) is 1.64. The maximum absolute atomic E-state index is 13.0. The third-order valence-electron chi connectivity index (χ3n) is 6.20. The fourth-order valence-corrected chi connectivity index (χ4v) is 4.17. The first-order valence-corrected chi connectivity index (χ1v) is 9.94. The Morgan fingerprint density at radius 2 is 1.93 bits per heavy atom. The third kappa shape index (κ3) is 3.17. The zero-order valence-electron chi connectivity index (χ0n) is 16.4. The maximum Gasteiger partial charge on any atom is 0.274 e. The molecular weight excluding hydrogens is 362 g/mol. The molecule has 1 atom stereocenters. The number of likely N-dealkylation sites (N-methyl/N-ethyl adjacent to an activating group) is 1. The molecule has 3 aliphatic rings. The van der Waals surface area contributed by atoms with Crippen molar-refractivity contribution in [2.75, 3.05) is 33.4 Å². The molecule has 9 heteroatoms. The number of nitrogens with zero attached hydrogens (tertiary/aromatic N) is 4. The van der Waals surface area contributed by atoms with Crippen LogP contribution in [-0.2, 0) is 16.1 Å². The molecule has 3 amide bonds.